The van der Waals surface area contributed by atoms with E-state index < -0.39 is 29.2 Å². The summed E-state index contributed by atoms with van der Waals surface area (Å²) in [6.07, 6.45) is 1.26. The Morgan fingerprint density at radius 3 is 2.50 bits per heavy atom. The average molecular weight is 306 g/mol. The summed E-state index contributed by atoms with van der Waals surface area (Å²) in [7, 11) is 0. The molecule has 22 heavy (non-hydrogen) atoms. The molecule has 0 bridgehead atoms. The summed E-state index contributed by atoms with van der Waals surface area (Å²) in [4.78, 5) is 24.1. The van der Waals surface area contributed by atoms with Gasteiger partial charge in [-0.25, -0.2) is 9.18 Å². The maximum absolute atomic E-state index is 14.1. The lowest BCUT2D eigenvalue weighted by Crippen LogP contribution is -2.55. The normalized spacial score (nSPS) is 13.6. The van der Waals surface area contributed by atoms with E-state index in [4.69, 9.17) is 4.52 Å². The second kappa shape index (κ2) is 5.97. The van der Waals surface area contributed by atoms with E-state index in [1.165, 1.54) is 30.5 Å². The summed E-state index contributed by atoms with van der Waals surface area (Å²) >= 11 is 0. The minimum absolute atomic E-state index is 0.120. The molecular weight excluding hydrogens is 291 g/mol. The summed E-state index contributed by atoms with van der Waals surface area (Å²) in [6.45, 7) is 3.17. The van der Waals surface area contributed by atoms with Crippen molar-refractivity contribution in [3.05, 3.63) is 53.7 Å². The van der Waals surface area contributed by atoms with Crippen molar-refractivity contribution in [2.75, 3.05) is 0 Å². The van der Waals surface area contributed by atoms with Crippen LogP contribution < -0.4 is 5.32 Å². The van der Waals surface area contributed by atoms with Crippen LogP contribution in [0.3, 0.4) is 0 Å². The highest BCUT2D eigenvalue weighted by Crippen LogP contribution is 2.32. The Morgan fingerprint density at radius 2 is 2.00 bits per heavy atom. The molecule has 2 aromatic rings. The predicted molar refractivity (Wildman–Crippen MR) is 74.5 cm³/mol. The third-order valence-corrected chi connectivity index (χ3v) is 3.47. The average Bonchev–Trinajstić information content (AvgIpc) is 2.99. The number of carboxylic acid groups (broad SMARTS) is 1. The van der Waals surface area contributed by atoms with Crippen molar-refractivity contribution >= 4 is 11.9 Å². The standard InChI is InChI=1S/C15H15FN2O4/c1-9(2)15(14(20)21,10-5-3-4-6-11(10)16)18-13(19)12-7-8-17-22-12/h3-9H,1-2H3,(H,18,19)(H,20,21). The molecule has 1 atom stereocenters. The molecule has 1 amide bonds. The Bertz CT molecular complexity index is 685. The number of halogens is 1. The van der Waals surface area contributed by atoms with Crippen molar-refractivity contribution in [3.63, 3.8) is 0 Å². The molecule has 0 aliphatic rings. The molecule has 1 aromatic heterocycles. The van der Waals surface area contributed by atoms with Crippen molar-refractivity contribution in [3.8, 4) is 0 Å². The van der Waals surface area contributed by atoms with Gasteiger partial charge in [0.15, 0.2) is 5.54 Å². The second-order valence-electron chi connectivity index (χ2n) is 5.08. The van der Waals surface area contributed by atoms with Gasteiger partial charge in [0.05, 0.1) is 6.20 Å². The first-order valence-electron chi connectivity index (χ1n) is 6.61. The fourth-order valence-corrected chi connectivity index (χ4v) is 2.29. The predicted octanol–water partition coefficient (Wildman–Crippen LogP) is 2.18. The van der Waals surface area contributed by atoms with E-state index >= 15 is 0 Å². The number of rotatable bonds is 5. The quantitative estimate of drug-likeness (QED) is 0.883. The van der Waals surface area contributed by atoms with Gasteiger partial charge < -0.3 is 14.9 Å². The van der Waals surface area contributed by atoms with E-state index in [1.807, 2.05) is 0 Å². The topological polar surface area (TPSA) is 92.4 Å². The number of nitrogens with one attached hydrogen (secondary N) is 1. The van der Waals surface area contributed by atoms with Gasteiger partial charge in [-0.1, -0.05) is 37.2 Å². The number of amides is 1. The van der Waals surface area contributed by atoms with Crippen molar-refractivity contribution in [1.82, 2.24) is 10.5 Å². The summed E-state index contributed by atoms with van der Waals surface area (Å²) in [5.74, 6) is -3.62. The Labute approximate surface area is 125 Å². The van der Waals surface area contributed by atoms with Crippen molar-refractivity contribution in [2.45, 2.75) is 19.4 Å². The van der Waals surface area contributed by atoms with Gasteiger partial charge in [-0.05, 0) is 12.0 Å². The summed E-state index contributed by atoms with van der Waals surface area (Å²) < 4.78 is 18.9. The number of hydrogen-bond acceptors (Lipinski definition) is 4. The van der Waals surface area contributed by atoms with E-state index in [0.29, 0.717) is 0 Å². The van der Waals surface area contributed by atoms with Gasteiger partial charge in [0.1, 0.15) is 5.82 Å². The first-order valence-corrected chi connectivity index (χ1v) is 6.61. The number of carbonyl (C=O) groups excluding carboxylic acids is 1. The van der Waals surface area contributed by atoms with Crippen LogP contribution in [0.4, 0.5) is 4.39 Å². The lowest BCUT2D eigenvalue weighted by Gasteiger charge is -2.34. The zero-order chi connectivity index (χ0) is 16.3. The van der Waals surface area contributed by atoms with Crippen LogP contribution in [-0.4, -0.2) is 22.1 Å². The summed E-state index contributed by atoms with van der Waals surface area (Å²) in [6, 6.07) is 6.74. The summed E-state index contributed by atoms with van der Waals surface area (Å²) in [5, 5.41) is 15.5. The molecule has 1 aromatic carbocycles. The van der Waals surface area contributed by atoms with Crippen LogP contribution in [0, 0.1) is 11.7 Å². The molecule has 116 valence electrons. The van der Waals surface area contributed by atoms with Crippen molar-refractivity contribution in [2.24, 2.45) is 5.92 Å². The van der Waals surface area contributed by atoms with Crippen LogP contribution in [0.1, 0.15) is 30.0 Å². The third kappa shape index (κ3) is 2.57. The van der Waals surface area contributed by atoms with Crippen molar-refractivity contribution in [1.29, 1.82) is 0 Å². The minimum Gasteiger partial charge on any atom is -0.479 e. The number of benzene rings is 1. The van der Waals surface area contributed by atoms with Crippen LogP contribution in [0.15, 0.2) is 41.1 Å². The van der Waals surface area contributed by atoms with Gasteiger partial charge >= 0.3 is 5.97 Å². The Balaban J connectivity index is 2.53. The molecule has 0 aliphatic carbocycles. The van der Waals surface area contributed by atoms with Crippen LogP contribution >= 0.6 is 0 Å². The molecule has 1 unspecified atom stereocenters. The van der Waals surface area contributed by atoms with Crippen molar-refractivity contribution < 1.29 is 23.6 Å². The highest BCUT2D eigenvalue weighted by molar-refractivity contribution is 5.96. The minimum atomic E-state index is -1.92. The van der Waals surface area contributed by atoms with Gasteiger partial charge in [-0.2, -0.15) is 0 Å². The molecule has 1 heterocycles. The monoisotopic (exact) mass is 306 g/mol. The molecular formula is C15H15FN2O4. The Hall–Kier alpha value is -2.70. The second-order valence-corrected chi connectivity index (χ2v) is 5.08. The number of aliphatic carboxylic acids is 1. The highest BCUT2D eigenvalue weighted by Gasteiger charge is 2.47. The van der Waals surface area contributed by atoms with Crippen LogP contribution in [0.25, 0.3) is 0 Å². The van der Waals surface area contributed by atoms with Gasteiger partial charge in [0.25, 0.3) is 5.91 Å². The van der Waals surface area contributed by atoms with Gasteiger partial charge in [-0.15, -0.1) is 0 Å². The van der Waals surface area contributed by atoms with Crippen LogP contribution in [-0.2, 0) is 10.3 Å². The first kappa shape index (κ1) is 15.7. The fourth-order valence-electron chi connectivity index (χ4n) is 2.29. The van der Waals surface area contributed by atoms with Crippen LogP contribution in [0.5, 0.6) is 0 Å². The number of carbonyl (C=O) groups is 2. The molecule has 0 fully saturated rings. The number of hydrogen-bond donors (Lipinski definition) is 2. The molecule has 0 saturated heterocycles. The van der Waals surface area contributed by atoms with E-state index in [-0.39, 0.29) is 11.3 Å². The van der Waals surface area contributed by atoms with Gasteiger partial charge in [-0.3, -0.25) is 4.79 Å². The lowest BCUT2D eigenvalue weighted by molar-refractivity contribution is -0.147. The van der Waals surface area contributed by atoms with Gasteiger partial charge in [0, 0.05) is 11.6 Å². The smallest absolute Gasteiger partial charge is 0.334 e. The molecule has 2 rings (SSSR count). The van der Waals surface area contributed by atoms with Gasteiger partial charge in [0.2, 0.25) is 5.76 Å². The third-order valence-electron chi connectivity index (χ3n) is 3.47. The molecule has 0 aliphatic heterocycles. The maximum Gasteiger partial charge on any atom is 0.334 e. The lowest BCUT2D eigenvalue weighted by atomic mass is 9.79. The van der Waals surface area contributed by atoms with E-state index in [1.54, 1.807) is 13.8 Å². The Kier molecular flexibility index (Phi) is 4.25. The number of aromatic nitrogens is 1. The molecule has 7 heteroatoms. The summed E-state index contributed by atoms with van der Waals surface area (Å²) in [5.41, 5.74) is -2.04. The molecule has 2 N–H and O–H groups in total. The van der Waals surface area contributed by atoms with E-state index in [9.17, 15) is 19.1 Å². The Morgan fingerprint density at radius 1 is 1.32 bits per heavy atom. The van der Waals surface area contributed by atoms with E-state index in [0.717, 1.165) is 6.07 Å². The highest BCUT2D eigenvalue weighted by atomic mass is 19.1. The number of carboxylic acids is 1. The fraction of sp³-hybridized carbons (Fsp3) is 0.267. The zero-order valence-corrected chi connectivity index (χ0v) is 12.0. The molecule has 0 spiro atoms. The molecule has 0 saturated carbocycles. The maximum atomic E-state index is 14.1. The SMILES string of the molecule is CC(C)C(NC(=O)c1ccno1)(C(=O)O)c1ccccc1F. The van der Waals surface area contributed by atoms with Crippen LogP contribution in [0.2, 0.25) is 0 Å². The van der Waals surface area contributed by atoms with E-state index in [2.05, 4.69) is 10.5 Å². The first-order chi connectivity index (χ1) is 10.4. The zero-order valence-electron chi connectivity index (χ0n) is 12.0. The largest absolute Gasteiger partial charge is 0.479 e. The molecule has 0 radical (unpaired) electrons. The number of nitrogens with zero attached hydrogens (tertiary/aromatic N) is 1. The molecule has 6 nitrogen and oxygen atoms in total.